The fourth-order valence-electron chi connectivity index (χ4n) is 1.86. The Morgan fingerprint density at radius 1 is 1.44 bits per heavy atom. The average molecular weight is 314 g/mol. The molecule has 3 nitrogen and oxygen atoms in total. The number of aromatic hydroxyl groups is 1. The number of halogens is 1. The second kappa shape index (κ2) is 6.78. The van der Waals surface area contributed by atoms with Gasteiger partial charge < -0.3 is 10.4 Å². The van der Waals surface area contributed by atoms with Crippen molar-refractivity contribution in [1.82, 2.24) is 5.32 Å². The molecule has 0 saturated carbocycles. The lowest BCUT2D eigenvalue weighted by Gasteiger charge is -2.19. The average Bonchev–Trinajstić information content (AvgIpc) is 2.31. The summed E-state index contributed by atoms with van der Waals surface area (Å²) in [4.78, 5) is 12.1. The molecule has 0 spiro atoms. The van der Waals surface area contributed by atoms with E-state index in [0.29, 0.717) is 17.0 Å². The van der Waals surface area contributed by atoms with Crippen LogP contribution in [0.25, 0.3) is 0 Å². The first kappa shape index (κ1) is 15.0. The molecule has 0 aromatic heterocycles. The van der Waals surface area contributed by atoms with Crippen molar-refractivity contribution in [2.45, 2.75) is 33.2 Å². The van der Waals surface area contributed by atoms with E-state index in [4.69, 9.17) is 0 Å². The number of hydrogen-bond donors (Lipinski definition) is 2. The summed E-state index contributed by atoms with van der Waals surface area (Å²) in [6.45, 7) is 6.00. The molecule has 0 aliphatic heterocycles. The van der Waals surface area contributed by atoms with Crippen molar-refractivity contribution in [3.05, 3.63) is 29.3 Å². The van der Waals surface area contributed by atoms with Crippen molar-refractivity contribution in [1.29, 1.82) is 0 Å². The zero-order valence-electron chi connectivity index (χ0n) is 11.0. The number of phenols is 1. The molecular weight excluding hydrogens is 294 g/mol. The van der Waals surface area contributed by atoms with E-state index in [9.17, 15) is 9.90 Å². The Bertz CT molecular complexity index is 418. The smallest absolute Gasteiger partial charge is 0.251 e. The van der Waals surface area contributed by atoms with E-state index in [1.807, 2.05) is 0 Å². The second-order valence-electron chi connectivity index (χ2n) is 4.90. The van der Waals surface area contributed by atoms with Gasteiger partial charge in [0.1, 0.15) is 5.75 Å². The number of carbonyl (C=O) groups is 1. The predicted octanol–water partition coefficient (Wildman–Crippen LogP) is 3.24. The maximum atomic E-state index is 12.1. The molecule has 100 valence electrons. The zero-order valence-corrected chi connectivity index (χ0v) is 12.6. The van der Waals surface area contributed by atoms with E-state index in [1.165, 1.54) is 0 Å². The van der Waals surface area contributed by atoms with Crippen molar-refractivity contribution in [2.24, 2.45) is 5.92 Å². The lowest BCUT2D eigenvalue weighted by atomic mass is 10.0. The molecular formula is C14H20BrNO2. The fourth-order valence-corrected chi connectivity index (χ4v) is 2.29. The van der Waals surface area contributed by atoms with Crippen LogP contribution in [0.5, 0.6) is 5.75 Å². The van der Waals surface area contributed by atoms with Crippen LogP contribution < -0.4 is 5.32 Å². The maximum absolute atomic E-state index is 12.1. The molecule has 0 aliphatic rings. The van der Waals surface area contributed by atoms with Crippen molar-refractivity contribution < 1.29 is 9.90 Å². The summed E-state index contributed by atoms with van der Waals surface area (Å²) in [5.74, 6) is 0.550. The summed E-state index contributed by atoms with van der Waals surface area (Å²) in [6, 6.07) is 5.11. The monoisotopic (exact) mass is 313 g/mol. The lowest BCUT2D eigenvalue weighted by Crippen LogP contribution is -2.37. The van der Waals surface area contributed by atoms with Crippen LogP contribution in [-0.2, 0) is 0 Å². The molecule has 0 aliphatic carbocycles. The summed E-state index contributed by atoms with van der Waals surface area (Å²) in [5, 5.41) is 13.3. The predicted molar refractivity (Wildman–Crippen MR) is 77.3 cm³/mol. The third-order valence-electron chi connectivity index (χ3n) is 2.83. The minimum Gasteiger partial charge on any atom is -0.508 e. The van der Waals surface area contributed by atoms with Gasteiger partial charge in [0.25, 0.3) is 5.91 Å². The molecule has 0 fully saturated rings. The minimum atomic E-state index is -0.131. The van der Waals surface area contributed by atoms with Gasteiger partial charge in [-0.15, -0.1) is 0 Å². The van der Waals surface area contributed by atoms with E-state index < -0.39 is 0 Å². The Balaban J connectivity index is 2.78. The van der Waals surface area contributed by atoms with Gasteiger partial charge in [0.2, 0.25) is 0 Å². The third kappa shape index (κ3) is 4.02. The Hall–Kier alpha value is -1.03. The van der Waals surface area contributed by atoms with E-state index in [2.05, 4.69) is 35.1 Å². The summed E-state index contributed by atoms with van der Waals surface area (Å²) >= 11 is 3.41. The highest BCUT2D eigenvalue weighted by Crippen LogP contribution is 2.19. The number of benzene rings is 1. The molecule has 0 saturated heterocycles. The van der Waals surface area contributed by atoms with Crippen LogP contribution >= 0.6 is 15.9 Å². The highest BCUT2D eigenvalue weighted by atomic mass is 79.9. The number of hydrogen-bond acceptors (Lipinski definition) is 2. The second-order valence-corrected chi connectivity index (χ2v) is 5.55. The molecule has 4 heteroatoms. The molecule has 0 heterocycles. The number of nitrogens with one attached hydrogen (secondary N) is 1. The van der Waals surface area contributed by atoms with Crippen LogP contribution in [0.2, 0.25) is 0 Å². The topological polar surface area (TPSA) is 49.3 Å². The van der Waals surface area contributed by atoms with Gasteiger partial charge in [-0.2, -0.15) is 0 Å². The molecule has 2 N–H and O–H groups in total. The molecule has 0 radical (unpaired) electrons. The Morgan fingerprint density at radius 2 is 2.11 bits per heavy atom. The number of rotatable bonds is 5. The normalized spacial score (nSPS) is 12.5. The molecule has 1 aromatic rings. The van der Waals surface area contributed by atoms with Crippen molar-refractivity contribution in [3.63, 3.8) is 0 Å². The zero-order chi connectivity index (χ0) is 13.7. The Kier molecular flexibility index (Phi) is 5.66. The van der Waals surface area contributed by atoms with Gasteiger partial charge in [-0.25, -0.2) is 0 Å². The molecule has 1 amide bonds. The number of alkyl halides is 1. The van der Waals surface area contributed by atoms with E-state index in [-0.39, 0.29) is 17.7 Å². The van der Waals surface area contributed by atoms with Crippen LogP contribution in [0.1, 0.15) is 36.2 Å². The van der Waals surface area contributed by atoms with E-state index >= 15 is 0 Å². The molecule has 1 rings (SSSR count). The van der Waals surface area contributed by atoms with Crippen LogP contribution in [0.15, 0.2) is 18.2 Å². The van der Waals surface area contributed by atoms with Crippen LogP contribution in [0.4, 0.5) is 0 Å². The largest absolute Gasteiger partial charge is 0.508 e. The van der Waals surface area contributed by atoms with Gasteiger partial charge in [-0.3, -0.25) is 4.79 Å². The van der Waals surface area contributed by atoms with Crippen molar-refractivity contribution in [3.8, 4) is 5.75 Å². The molecule has 18 heavy (non-hydrogen) atoms. The third-order valence-corrected chi connectivity index (χ3v) is 3.61. The van der Waals surface area contributed by atoms with Crippen molar-refractivity contribution >= 4 is 21.8 Å². The van der Waals surface area contributed by atoms with Gasteiger partial charge in [-0.05, 0) is 31.4 Å². The minimum absolute atomic E-state index is 0.110. The lowest BCUT2D eigenvalue weighted by molar-refractivity contribution is 0.0936. The summed E-state index contributed by atoms with van der Waals surface area (Å²) in [6.07, 6.45) is 0.925. The number of amides is 1. The first-order chi connectivity index (χ1) is 8.45. The van der Waals surface area contributed by atoms with Gasteiger partial charge >= 0.3 is 0 Å². The van der Waals surface area contributed by atoms with Gasteiger partial charge in [0.05, 0.1) is 0 Å². The standard InChI is InChI=1S/C14H20BrNO2/c1-9(2)7-11(8-15)16-14(18)12-5-4-6-13(17)10(12)3/h4-6,9,11,17H,7-8H2,1-3H3,(H,16,18). The van der Waals surface area contributed by atoms with Crippen LogP contribution in [-0.4, -0.2) is 22.4 Å². The number of phenolic OH excluding ortho intramolecular Hbond substituents is 1. The summed E-state index contributed by atoms with van der Waals surface area (Å²) in [5.41, 5.74) is 1.15. The van der Waals surface area contributed by atoms with Gasteiger partial charge in [0.15, 0.2) is 0 Å². The SMILES string of the molecule is Cc1c(O)cccc1C(=O)NC(CBr)CC(C)C. The maximum Gasteiger partial charge on any atom is 0.251 e. The van der Waals surface area contributed by atoms with Gasteiger partial charge in [-0.1, -0.05) is 35.8 Å². The summed E-state index contributed by atoms with van der Waals surface area (Å²) in [7, 11) is 0. The highest BCUT2D eigenvalue weighted by Gasteiger charge is 2.16. The van der Waals surface area contributed by atoms with Crippen LogP contribution in [0, 0.1) is 12.8 Å². The Morgan fingerprint density at radius 3 is 2.67 bits per heavy atom. The Labute approximate surface area is 117 Å². The molecule has 1 unspecified atom stereocenters. The first-order valence-electron chi connectivity index (χ1n) is 6.11. The molecule has 1 atom stereocenters. The fraction of sp³-hybridized carbons (Fsp3) is 0.500. The van der Waals surface area contributed by atoms with Crippen molar-refractivity contribution in [2.75, 3.05) is 5.33 Å². The highest BCUT2D eigenvalue weighted by molar-refractivity contribution is 9.09. The number of carbonyl (C=O) groups excluding carboxylic acids is 1. The first-order valence-corrected chi connectivity index (χ1v) is 7.23. The quantitative estimate of drug-likeness (QED) is 0.820. The van der Waals surface area contributed by atoms with E-state index in [0.717, 1.165) is 11.8 Å². The van der Waals surface area contributed by atoms with Gasteiger partial charge in [0, 0.05) is 22.5 Å². The molecule has 0 bridgehead atoms. The summed E-state index contributed by atoms with van der Waals surface area (Å²) < 4.78 is 0. The van der Waals surface area contributed by atoms with Crippen LogP contribution in [0.3, 0.4) is 0 Å². The molecule has 1 aromatic carbocycles. The van der Waals surface area contributed by atoms with E-state index in [1.54, 1.807) is 25.1 Å².